The molecular formula is C17H22N4O3. The number of hydrogen-bond donors (Lipinski definition) is 0. The Labute approximate surface area is 141 Å². The van der Waals surface area contributed by atoms with E-state index in [4.69, 9.17) is 4.74 Å². The summed E-state index contributed by atoms with van der Waals surface area (Å²) in [5, 5.41) is 11.5. The van der Waals surface area contributed by atoms with Gasteiger partial charge in [0.2, 0.25) is 5.82 Å². The van der Waals surface area contributed by atoms with Gasteiger partial charge in [0.1, 0.15) is 5.75 Å². The van der Waals surface area contributed by atoms with E-state index in [-0.39, 0.29) is 5.69 Å². The minimum Gasteiger partial charge on any atom is -0.495 e. The molecule has 2 rings (SSSR count). The molecule has 0 saturated heterocycles. The van der Waals surface area contributed by atoms with Gasteiger partial charge >= 0.3 is 5.69 Å². The Kier molecular flexibility index (Phi) is 6.08. The first kappa shape index (κ1) is 17.7. The number of ether oxygens (including phenoxy) is 1. The van der Waals surface area contributed by atoms with Gasteiger partial charge in [-0.1, -0.05) is 18.2 Å². The lowest BCUT2D eigenvalue weighted by molar-refractivity contribution is -0.384. The maximum Gasteiger partial charge on any atom is 0.315 e. The number of nitro groups is 1. The van der Waals surface area contributed by atoms with Crippen LogP contribution in [0.5, 0.6) is 5.75 Å². The third-order valence-electron chi connectivity index (χ3n) is 3.57. The number of anilines is 2. The highest BCUT2D eigenvalue weighted by Gasteiger charge is 2.23. The predicted octanol–water partition coefficient (Wildman–Crippen LogP) is 3.09. The van der Waals surface area contributed by atoms with Crippen LogP contribution in [-0.2, 0) is 0 Å². The number of rotatable bonds is 8. The molecule has 1 heterocycles. The predicted molar refractivity (Wildman–Crippen MR) is 94.1 cm³/mol. The lowest BCUT2D eigenvalue weighted by Gasteiger charge is -2.24. The molecule has 0 fully saturated rings. The first-order chi connectivity index (χ1) is 11.5. The van der Waals surface area contributed by atoms with Gasteiger partial charge in [0.05, 0.1) is 24.3 Å². The molecule has 0 aliphatic rings. The molecule has 0 amide bonds. The van der Waals surface area contributed by atoms with Crippen LogP contribution in [0.25, 0.3) is 0 Å². The number of aromatic nitrogens is 1. The summed E-state index contributed by atoms with van der Waals surface area (Å²) in [5.41, 5.74) is 0.806. The first-order valence-electron chi connectivity index (χ1n) is 7.68. The number of methoxy groups -OCH3 is 1. The highest BCUT2D eigenvalue weighted by molar-refractivity contribution is 5.69. The average molecular weight is 330 g/mol. The van der Waals surface area contributed by atoms with Gasteiger partial charge in [0.15, 0.2) is 0 Å². The zero-order valence-electron chi connectivity index (χ0n) is 14.2. The second kappa shape index (κ2) is 8.26. The van der Waals surface area contributed by atoms with Crippen molar-refractivity contribution >= 4 is 17.2 Å². The Balaban J connectivity index is 2.41. The van der Waals surface area contributed by atoms with Crippen molar-refractivity contribution in [2.75, 3.05) is 39.2 Å². The van der Waals surface area contributed by atoms with E-state index in [0.717, 1.165) is 18.7 Å². The molecule has 0 radical (unpaired) electrons. The third-order valence-corrected chi connectivity index (χ3v) is 3.57. The summed E-state index contributed by atoms with van der Waals surface area (Å²) in [4.78, 5) is 19.3. The Morgan fingerprint density at radius 3 is 2.50 bits per heavy atom. The molecule has 7 heteroatoms. The van der Waals surface area contributed by atoms with Crippen LogP contribution in [-0.4, -0.2) is 49.1 Å². The number of benzene rings is 1. The van der Waals surface area contributed by atoms with Crippen LogP contribution < -0.4 is 9.64 Å². The van der Waals surface area contributed by atoms with Gasteiger partial charge in [-0.2, -0.15) is 0 Å². The molecule has 24 heavy (non-hydrogen) atoms. The molecule has 0 spiro atoms. The second-order valence-corrected chi connectivity index (χ2v) is 5.62. The zero-order chi connectivity index (χ0) is 17.5. The number of nitrogens with zero attached hydrogens (tertiary/aromatic N) is 4. The highest BCUT2D eigenvalue weighted by Crippen LogP contribution is 2.34. The molecule has 1 aromatic heterocycles. The molecule has 0 aliphatic carbocycles. The Morgan fingerprint density at radius 2 is 1.92 bits per heavy atom. The number of hydrogen-bond acceptors (Lipinski definition) is 6. The fourth-order valence-corrected chi connectivity index (χ4v) is 2.39. The summed E-state index contributed by atoms with van der Waals surface area (Å²) >= 11 is 0. The van der Waals surface area contributed by atoms with Crippen LogP contribution in [0.4, 0.5) is 17.2 Å². The van der Waals surface area contributed by atoms with E-state index in [0.29, 0.717) is 18.1 Å². The molecule has 0 saturated carbocycles. The fraction of sp³-hybridized carbons (Fsp3) is 0.353. The molecular weight excluding hydrogens is 308 g/mol. The van der Waals surface area contributed by atoms with E-state index in [2.05, 4.69) is 9.88 Å². The van der Waals surface area contributed by atoms with Gasteiger partial charge in [-0.05, 0) is 39.2 Å². The molecule has 0 unspecified atom stereocenters. The quantitative estimate of drug-likeness (QED) is 0.547. The Morgan fingerprint density at radius 1 is 1.21 bits per heavy atom. The van der Waals surface area contributed by atoms with E-state index < -0.39 is 4.92 Å². The standard InChI is InChI=1S/C17H22N4O3/c1-19(2)10-7-11-20(14-8-5-4-6-9-14)17-16(21(22)23)12-15(24-3)13-18-17/h4-6,8-9,12-13H,7,10-11H2,1-3H3. The van der Waals surface area contributed by atoms with E-state index >= 15 is 0 Å². The van der Waals surface area contributed by atoms with Crippen LogP contribution in [0, 0.1) is 10.1 Å². The largest absolute Gasteiger partial charge is 0.495 e. The average Bonchev–Trinajstić information content (AvgIpc) is 2.59. The maximum atomic E-state index is 11.5. The van der Waals surface area contributed by atoms with Gasteiger partial charge in [-0.3, -0.25) is 10.1 Å². The maximum absolute atomic E-state index is 11.5. The number of pyridine rings is 1. The van der Waals surface area contributed by atoms with Crippen LogP contribution in [0.15, 0.2) is 42.6 Å². The lowest BCUT2D eigenvalue weighted by atomic mass is 10.2. The van der Waals surface area contributed by atoms with Crippen molar-refractivity contribution in [2.24, 2.45) is 0 Å². The molecule has 7 nitrogen and oxygen atoms in total. The molecule has 0 bridgehead atoms. The van der Waals surface area contributed by atoms with E-state index in [1.807, 2.05) is 49.3 Å². The zero-order valence-corrected chi connectivity index (χ0v) is 14.2. The fourth-order valence-electron chi connectivity index (χ4n) is 2.39. The van der Waals surface area contributed by atoms with Crippen molar-refractivity contribution in [3.63, 3.8) is 0 Å². The van der Waals surface area contributed by atoms with Crippen LogP contribution >= 0.6 is 0 Å². The van der Waals surface area contributed by atoms with Gasteiger partial charge in [-0.15, -0.1) is 0 Å². The number of para-hydroxylation sites is 1. The monoisotopic (exact) mass is 330 g/mol. The second-order valence-electron chi connectivity index (χ2n) is 5.62. The van der Waals surface area contributed by atoms with Crippen molar-refractivity contribution in [3.05, 3.63) is 52.7 Å². The van der Waals surface area contributed by atoms with Crippen molar-refractivity contribution < 1.29 is 9.66 Å². The Bertz CT molecular complexity index is 677. The van der Waals surface area contributed by atoms with Crippen LogP contribution in [0.3, 0.4) is 0 Å². The highest BCUT2D eigenvalue weighted by atomic mass is 16.6. The van der Waals surface area contributed by atoms with E-state index in [1.54, 1.807) is 0 Å². The topological polar surface area (TPSA) is 71.7 Å². The molecule has 1 aromatic carbocycles. The van der Waals surface area contributed by atoms with Crippen molar-refractivity contribution in [3.8, 4) is 5.75 Å². The summed E-state index contributed by atoms with van der Waals surface area (Å²) in [5.74, 6) is 0.692. The summed E-state index contributed by atoms with van der Waals surface area (Å²) < 4.78 is 5.07. The van der Waals surface area contributed by atoms with Crippen LogP contribution in [0.2, 0.25) is 0 Å². The smallest absolute Gasteiger partial charge is 0.315 e. The first-order valence-corrected chi connectivity index (χ1v) is 7.68. The molecule has 128 valence electrons. The van der Waals surface area contributed by atoms with Crippen molar-refractivity contribution in [1.29, 1.82) is 0 Å². The molecule has 0 atom stereocenters. The molecule has 0 aliphatic heterocycles. The summed E-state index contributed by atoms with van der Waals surface area (Å²) in [6.07, 6.45) is 2.36. The van der Waals surface area contributed by atoms with Gasteiger partial charge in [0, 0.05) is 12.2 Å². The molecule has 0 N–H and O–H groups in total. The summed E-state index contributed by atoms with van der Waals surface area (Å²) in [7, 11) is 5.47. The van der Waals surface area contributed by atoms with E-state index in [9.17, 15) is 10.1 Å². The van der Waals surface area contributed by atoms with Crippen molar-refractivity contribution in [2.45, 2.75) is 6.42 Å². The van der Waals surface area contributed by atoms with Crippen LogP contribution in [0.1, 0.15) is 6.42 Å². The van der Waals surface area contributed by atoms with Gasteiger partial charge in [0.25, 0.3) is 0 Å². The summed E-state index contributed by atoms with van der Waals surface area (Å²) in [6.45, 7) is 1.51. The normalized spacial score (nSPS) is 10.7. The van der Waals surface area contributed by atoms with E-state index in [1.165, 1.54) is 19.4 Å². The third kappa shape index (κ3) is 4.42. The summed E-state index contributed by atoms with van der Waals surface area (Å²) in [6, 6.07) is 11.0. The van der Waals surface area contributed by atoms with Gasteiger partial charge in [-0.25, -0.2) is 4.98 Å². The molecule has 2 aromatic rings. The Hall–Kier alpha value is -2.67. The minimum atomic E-state index is -0.424. The SMILES string of the molecule is COc1cnc(N(CCCN(C)C)c2ccccc2)c([N+](=O)[O-])c1. The van der Waals surface area contributed by atoms with Gasteiger partial charge < -0.3 is 14.5 Å². The van der Waals surface area contributed by atoms with Crippen molar-refractivity contribution in [1.82, 2.24) is 9.88 Å². The lowest BCUT2D eigenvalue weighted by Crippen LogP contribution is -2.24. The minimum absolute atomic E-state index is 0.0666.